The molecule has 0 fully saturated rings. The molecule has 0 atom stereocenters. The van der Waals surface area contributed by atoms with E-state index in [1.807, 2.05) is 39.0 Å². The number of hydrogen-bond donors (Lipinski definition) is 2. The summed E-state index contributed by atoms with van der Waals surface area (Å²) in [6, 6.07) is 11.8. The lowest BCUT2D eigenvalue weighted by atomic mass is 10.0. The Morgan fingerprint density at radius 3 is 2.46 bits per heavy atom. The molecule has 0 saturated carbocycles. The smallest absolute Gasteiger partial charge is 0.276 e. The summed E-state index contributed by atoms with van der Waals surface area (Å²) in [4.78, 5) is 23.7. The lowest BCUT2D eigenvalue weighted by Gasteiger charge is -2.15. The molecule has 0 aliphatic heterocycles. The number of hydrazine groups is 1. The maximum atomic E-state index is 13.5. The minimum Gasteiger partial charge on any atom is -0.483 e. The Bertz CT molecular complexity index is 790. The Morgan fingerprint density at radius 1 is 1.08 bits per heavy atom. The molecule has 2 N–H and O–H groups in total. The molecule has 138 valence electrons. The highest BCUT2D eigenvalue weighted by Crippen LogP contribution is 2.27. The zero-order valence-electron chi connectivity index (χ0n) is 15.1. The SMILES string of the molecule is Cc1ccc(C(C)C)c(OCC(=O)NNC(=O)Cc2ccccc2F)c1. The van der Waals surface area contributed by atoms with E-state index < -0.39 is 17.6 Å². The van der Waals surface area contributed by atoms with Crippen LogP contribution < -0.4 is 15.6 Å². The van der Waals surface area contributed by atoms with Crippen LogP contribution in [-0.2, 0) is 16.0 Å². The van der Waals surface area contributed by atoms with Crippen molar-refractivity contribution in [1.82, 2.24) is 10.9 Å². The number of rotatable bonds is 6. The van der Waals surface area contributed by atoms with Gasteiger partial charge in [-0.3, -0.25) is 20.4 Å². The van der Waals surface area contributed by atoms with Crippen molar-refractivity contribution in [3.05, 3.63) is 65.0 Å². The molecule has 0 spiro atoms. The molecule has 2 aromatic rings. The van der Waals surface area contributed by atoms with Crippen LogP contribution in [0.25, 0.3) is 0 Å². The number of carbonyl (C=O) groups excluding carboxylic acids is 2. The maximum absolute atomic E-state index is 13.5. The molecule has 5 nitrogen and oxygen atoms in total. The van der Waals surface area contributed by atoms with Crippen LogP contribution in [0.5, 0.6) is 5.75 Å². The predicted molar refractivity (Wildman–Crippen MR) is 97.2 cm³/mol. The maximum Gasteiger partial charge on any atom is 0.276 e. The van der Waals surface area contributed by atoms with Gasteiger partial charge in [0.1, 0.15) is 11.6 Å². The molecule has 0 radical (unpaired) electrons. The van der Waals surface area contributed by atoms with Crippen molar-refractivity contribution in [2.24, 2.45) is 0 Å². The molecule has 0 aliphatic rings. The van der Waals surface area contributed by atoms with Crippen molar-refractivity contribution in [3.63, 3.8) is 0 Å². The highest BCUT2D eigenvalue weighted by molar-refractivity contribution is 5.83. The van der Waals surface area contributed by atoms with Gasteiger partial charge in [0, 0.05) is 0 Å². The van der Waals surface area contributed by atoms with Crippen molar-refractivity contribution in [1.29, 1.82) is 0 Å². The zero-order valence-corrected chi connectivity index (χ0v) is 15.1. The molecule has 0 aliphatic carbocycles. The van der Waals surface area contributed by atoms with Crippen LogP contribution in [0, 0.1) is 12.7 Å². The zero-order chi connectivity index (χ0) is 19.1. The van der Waals surface area contributed by atoms with E-state index in [2.05, 4.69) is 10.9 Å². The van der Waals surface area contributed by atoms with Gasteiger partial charge in [0.2, 0.25) is 5.91 Å². The van der Waals surface area contributed by atoms with Gasteiger partial charge in [0.05, 0.1) is 6.42 Å². The Kier molecular flexibility index (Phi) is 6.72. The van der Waals surface area contributed by atoms with Crippen LogP contribution in [0.1, 0.15) is 36.5 Å². The quantitative estimate of drug-likeness (QED) is 0.780. The van der Waals surface area contributed by atoms with Crippen LogP contribution >= 0.6 is 0 Å². The number of hydrogen-bond acceptors (Lipinski definition) is 3. The van der Waals surface area contributed by atoms with E-state index in [0.29, 0.717) is 5.75 Å². The largest absolute Gasteiger partial charge is 0.483 e. The van der Waals surface area contributed by atoms with Crippen LogP contribution in [0.2, 0.25) is 0 Å². The summed E-state index contributed by atoms with van der Waals surface area (Å²) < 4.78 is 19.1. The lowest BCUT2D eigenvalue weighted by molar-refractivity contribution is -0.129. The van der Waals surface area contributed by atoms with Crippen LogP contribution in [0.4, 0.5) is 4.39 Å². The second-order valence-electron chi connectivity index (χ2n) is 6.35. The van der Waals surface area contributed by atoms with Crippen LogP contribution in [0.15, 0.2) is 42.5 Å². The molecule has 0 heterocycles. The topological polar surface area (TPSA) is 67.4 Å². The third-order valence-electron chi connectivity index (χ3n) is 3.80. The fraction of sp³-hybridized carbons (Fsp3) is 0.300. The molecule has 0 aromatic heterocycles. The molecule has 2 aromatic carbocycles. The Labute approximate surface area is 152 Å². The molecule has 0 unspecified atom stereocenters. The molecule has 2 rings (SSSR count). The van der Waals surface area contributed by atoms with Crippen molar-refractivity contribution in [2.75, 3.05) is 6.61 Å². The van der Waals surface area contributed by atoms with E-state index >= 15 is 0 Å². The van der Waals surface area contributed by atoms with Gasteiger partial charge in [0.25, 0.3) is 5.91 Å². The average molecular weight is 358 g/mol. The van der Waals surface area contributed by atoms with Gasteiger partial charge in [-0.25, -0.2) is 4.39 Å². The third kappa shape index (κ3) is 5.58. The summed E-state index contributed by atoms with van der Waals surface area (Å²) >= 11 is 0. The standard InChI is InChI=1S/C20H23FN2O3/c1-13(2)16-9-8-14(3)10-18(16)26-12-20(25)23-22-19(24)11-15-6-4-5-7-17(15)21/h4-10,13H,11-12H2,1-3H3,(H,22,24)(H,23,25). The Balaban J connectivity index is 1.83. The first kappa shape index (κ1) is 19.4. The average Bonchev–Trinajstić information content (AvgIpc) is 2.60. The molecule has 26 heavy (non-hydrogen) atoms. The van der Waals surface area contributed by atoms with E-state index in [1.165, 1.54) is 12.1 Å². The minimum absolute atomic E-state index is 0.164. The highest BCUT2D eigenvalue weighted by atomic mass is 19.1. The van der Waals surface area contributed by atoms with E-state index in [0.717, 1.165) is 11.1 Å². The van der Waals surface area contributed by atoms with Gasteiger partial charge >= 0.3 is 0 Å². The summed E-state index contributed by atoms with van der Waals surface area (Å²) in [5.74, 6) is -0.565. The number of nitrogens with one attached hydrogen (secondary N) is 2. The number of carbonyl (C=O) groups is 2. The van der Waals surface area contributed by atoms with Gasteiger partial charge in [-0.2, -0.15) is 0 Å². The molecular weight excluding hydrogens is 335 g/mol. The molecule has 0 saturated heterocycles. The Hall–Kier alpha value is -2.89. The van der Waals surface area contributed by atoms with Crippen LogP contribution in [-0.4, -0.2) is 18.4 Å². The van der Waals surface area contributed by atoms with Crippen molar-refractivity contribution in [3.8, 4) is 5.75 Å². The van der Waals surface area contributed by atoms with E-state index in [9.17, 15) is 14.0 Å². The number of ether oxygens (including phenoxy) is 1. The summed E-state index contributed by atoms with van der Waals surface area (Å²) in [5, 5.41) is 0. The third-order valence-corrected chi connectivity index (χ3v) is 3.80. The Morgan fingerprint density at radius 2 is 1.77 bits per heavy atom. The minimum atomic E-state index is -0.512. The fourth-order valence-electron chi connectivity index (χ4n) is 2.42. The first-order valence-electron chi connectivity index (χ1n) is 8.41. The first-order chi connectivity index (χ1) is 12.4. The lowest BCUT2D eigenvalue weighted by Crippen LogP contribution is -2.44. The molecule has 2 amide bonds. The highest BCUT2D eigenvalue weighted by Gasteiger charge is 2.12. The number of aryl methyl sites for hydroxylation is 1. The van der Waals surface area contributed by atoms with Gasteiger partial charge < -0.3 is 4.74 Å². The van der Waals surface area contributed by atoms with Crippen molar-refractivity contribution >= 4 is 11.8 Å². The van der Waals surface area contributed by atoms with Gasteiger partial charge in [-0.15, -0.1) is 0 Å². The molecular formula is C20H23FN2O3. The summed E-state index contributed by atoms with van der Waals surface area (Å²) in [7, 11) is 0. The van der Waals surface area contributed by atoms with Crippen molar-refractivity contribution < 1.29 is 18.7 Å². The van der Waals surface area contributed by atoms with Gasteiger partial charge in [-0.1, -0.05) is 44.2 Å². The normalized spacial score (nSPS) is 10.5. The number of amides is 2. The van der Waals surface area contributed by atoms with Gasteiger partial charge in [0.15, 0.2) is 6.61 Å². The summed E-state index contributed by atoms with van der Waals surface area (Å²) in [6.45, 7) is 5.80. The molecule has 6 heteroatoms. The van der Waals surface area contributed by atoms with E-state index in [1.54, 1.807) is 12.1 Å². The first-order valence-corrected chi connectivity index (χ1v) is 8.41. The number of benzene rings is 2. The van der Waals surface area contributed by atoms with Crippen molar-refractivity contribution in [2.45, 2.75) is 33.1 Å². The second kappa shape index (κ2) is 8.99. The van der Waals surface area contributed by atoms with E-state index in [-0.39, 0.29) is 24.5 Å². The molecule has 0 bridgehead atoms. The second-order valence-corrected chi connectivity index (χ2v) is 6.35. The number of halogens is 1. The summed E-state index contributed by atoms with van der Waals surface area (Å²) in [5.41, 5.74) is 6.83. The van der Waals surface area contributed by atoms with E-state index in [4.69, 9.17) is 4.74 Å². The monoisotopic (exact) mass is 358 g/mol. The predicted octanol–water partition coefficient (Wildman–Crippen LogP) is 3.03. The van der Waals surface area contributed by atoms with Crippen LogP contribution in [0.3, 0.4) is 0 Å². The summed E-state index contributed by atoms with van der Waals surface area (Å²) in [6.07, 6.45) is -0.164. The van der Waals surface area contributed by atoms with Gasteiger partial charge in [-0.05, 0) is 41.7 Å². The fourth-order valence-corrected chi connectivity index (χ4v) is 2.42.